The summed E-state index contributed by atoms with van der Waals surface area (Å²) in [5.74, 6) is 0.207. The molecule has 3 aliphatic rings. The topological polar surface area (TPSA) is 64.8 Å². The van der Waals surface area contributed by atoms with Gasteiger partial charge in [-0.25, -0.2) is 5.43 Å². The number of likely N-dealkylation sites (N-methyl/N-ethyl adjacent to an activating group) is 1. The highest BCUT2D eigenvalue weighted by Gasteiger charge is 2.44. The third-order valence-electron chi connectivity index (χ3n) is 5.77. The van der Waals surface area contributed by atoms with Crippen LogP contribution in [0.2, 0.25) is 10.0 Å². The second kappa shape index (κ2) is 6.60. The molecule has 1 aromatic carbocycles. The molecule has 1 saturated heterocycles. The van der Waals surface area contributed by atoms with Crippen LogP contribution in [0.4, 0.5) is 5.69 Å². The third-order valence-corrected chi connectivity index (χ3v) is 6.55. The van der Waals surface area contributed by atoms with Crippen molar-refractivity contribution in [3.05, 3.63) is 33.4 Å². The summed E-state index contributed by atoms with van der Waals surface area (Å²) >= 11 is 13.1. The molecule has 4 rings (SSSR count). The van der Waals surface area contributed by atoms with Crippen molar-refractivity contribution in [1.29, 1.82) is 0 Å². The maximum Gasteiger partial charge on any atom is 0.236 e. The average molecular weight is 396 g/mol. The van der Waals surface area contributed by atoms with E-state index in [0.717, 1.165) is 30.8 Å². The van der Waals surface area contributed by atoms with E-state index in [1.807, 2.05) is 23.0 Å². The minimum Gasteiger partial charge on any atom is -0.369 e. The SMILES string of the molecule is CN1C=C(c2cc(Cl)c(Cl)c3c2C2CN(C(=O)CN)CCC2N3C)CN1. The van der Waals surface area contributed by atoms with E-state index in [4.69, 9.17) is 28.9 Å². The molecule has 2 atom stereocenters. The Hall–Kier alpha value is -1.47. The lowest BCUT2D eigenvalue weighted by Gasteiger charge is -2.37. The number of rotatable bonds is 2. The lowest BCUT2D eigenvalue weighted by atomic mass is 9.84. The minimum atomic E-state index is 0.00245. The van der Waals surface area contributed by atoms with Crippen LogP contribution < -0.4 is 16.1 Å². The molecule has 26 heavy (non-hydrogen) atoms. The van der Waals surface area contributed by atoms with E-state index < -0.39 is 0 Å². The van der Waals surface area contributed by atoms with Crippen molar-refractivity contribution in [2.24, 2.45) is 5.73 Å². The molecule has 1 amide bonds. The van der Waals surface area contributed by atoms with Crippen molar-refractivity contribution in [2.45, 2.75) is 18.4 Å². The van der Waals surface area contributed by atoms with Crippen LogP contribution >= 0.6 is 23.2 Å². The van der Waals surface area contributed by atoms with Crippen molar-refractivity contribution in [3.63, 3.8) is 0 Å². The molecule has 1 fully saturated rings. The van der Waals surface area contributed by atoms with Gasteiger partial charge in [-0.2, -0.15) is 0 Å². The Morgan fingerprint density at radius 3 is 2.81 bits per heavy atom. The smallest absolute Gasteiger partial charge is 0.236 e. The van der Waals surface area contributed by atoms with E-state index in [0.29, 0.717) is 22.6 Å². The second-order valence-electron chi connectivity index (χ2n) is 7.20. The summed E-state index contributed by atoms with van der Waals surface area (Å²) in [6.45, 7) is 2.18. The number of piperidine rings is 1. The molecule has 0 aromatic heterocycles. The van der Waals surface area contributed by atoms with Gasteiger partial charge >= 0.3 is 0 Å². The molecule has 140 valence electrons. The summed E-state index contributed by atoms with van der Waals surface area (Å²) < 4.78 is 0. The predicted molar refractivity (Wildman–Crippen MR) is 105 cm³/mol. The van der Waals surface area contributed by atoms with E-state index in [-0.39, 0.29) is 18.4 Å². The fraction of sp³-hybridized carbons (Fsp3) is 0.500. The number of hydrazine groups is 1. The predicted octanol–water partition coefficient (Wildman–Crippen LogP) is 1.88. The van der Waals surface area contributed by atoms with Gasteiger partial charge in [-0.3, -0.25) is 4.79 Å². The number of carbonyl (C=O) groups excluding carboxylic acids is 1. The maximum absolute atomic E-state index is 12.2. The first-order chi connectivity index (χ1) is 12.4. The molecule has 6 nitrogen and oxygen atoms in total. The molecular formula is C18H23Cl2N5O. The lowest BCUT2D eigenvalue weighted by molar-refractivity contribution is -0.130. The van der Waals surface area contributed by atoms with Gasteiger partial charge in [0.15, 0.2) is 0 Å². The summed E-state index contributed by atoms with van der Waals surface area (Å²) in [4.78, 5) is 16.3. The number of nitrogens with two attached hydrogens (primary N) is 1. The molecule has 2 unspecified atom stereocenters. The van der Waals surface area contributed by atoms with Gasteiger partial charge in [0.25, 0.3) is 0 Å². The van der Waals surface area contributed by atoms with Crippen molar-refractivity contribution in [3.8, 4) is 0 Å². The second-order valence-corrected chi connectivity index (χ2v) is 7.98. The Morgan fingerprint density at radius 2 is 2.15 bits per heavy atom. The molecule has 0 radical (unpaired) electrons. The number of anilines is 1. The lowest BCUT2D eigenvalue weighted by Crippen LogP contribution is -2.49. The van der Waals surface area contributed by atoms with E-state index in [2.05, 4.69) is 23.6 Å². The fourth-order valence-corrected chi connectivity index (χ4v) is 5.01. The Labute approximate surface area is 163 Å². The number of hydrogen-bond acceptors (Lipinski definition) is 5. The Bertz CT molecular complexity index is 796. The Kier molecular flexibility index (Phi) is 4.55. The van der Waals surface area contributed by atoms with Gasteiger partial charge in [0.05, 0.1) is 22.3 Å². The van der Waals surface area contributed by atoms with Crippen LogP contribution in [-0.2, 0) is 4.79 Å². The van der Waals surface area contributed by atoms with Crippen LogP contribution in [0.15, 0.2) is 12.3 Å². The summed E-state index contributed by atoms with van der Waals surface area (Å²) in [7, 11) is 4.05. The highest BCUT2D eigenvalue weighted by atomic mass is 35.5. The van der Waals surface area contributed by atoms with Crippen molar-refractivity contribution in [1.82, 2.24) is 15.3 Å². The van der Waals surface area contributed by atoms with E-state index in [1.165, 1.54) is 11.1 Å². The maximum atomic E-state index is 12.2. The number of halogens is 2. The number of hydrogen-bond donors (Lipinski definition) is 2. The number of likely N-dealkylation sites (tertiary alicyclic amines) is 1. The van der Waals surface area contributed by atoms with Crippen molar-refractivity contribution in [2.75, 3.05) is 45.2 Å². The van der Waals surface area contributed by atoms with Crippen LogP contribution in [0.5, 0.6) is 0 Å². The molecule has 8 heteroatoms. The van der Waals surface area contributed by atoms with Gasteiger partial charge in [0, 0.05) is 51.9 Å². The molecule has 3 heterocycles. The van der Waals surface area contributed by atoms with Gasteiger partial charge in [0.2, 0.25) is 5.91 Å². The van der Waals surface area contributed by atoms with Crippen molar-refractivity contribution >= 4 is 40.4 Å². The average Bonchev–Trinajstić information content (AvgIpc) is 3.19. The van der Waals surface area contributed by atoms with Gasteiger partial charge in [-0.05, 0) is 29.2 Å². The zero-order valence-corrected chi connectivity index (χ0v) is 16.4. The van der Waals surface area contributed by atoms with Gasteiger partial charge < -0.3 is 20.5 Å². The van der Waals surface area contributed by atoms with Crippen LogP contribution in [0, 0.1) is 0 Å². The number of nitrogens with zero attached hydrogens (tertiary/aromatic N) is 3. The molecule has 0 bridgehead atoms. The van der Waals surface area contributed by atoms with E-state index >= 15 is 0 Å². The molecular weight excluding hydrogens is 373 g/mol. The first-order valence-corrected chi connectivity index (χ1v) is 9.58. The van der Waals surface area contributed by atoms with E-state index in [9.17, 15) is 4.79 Å². The van der Waals surface area contributed by atoms with Crippen LogP contribution in [0.3, 0.4) is 0 Å². The monoisotopic (exact) mass is 395 g/mol. The number of amides is 1. The first-order valence-electron chi connectivity index (χ1n) is 8.82. The highest BCUT2D eigenvalue weighted by molar-refractivity contribution is 6.44. The van der Waals surface area contributed by atoms with Gasteiger partial charge in [-0.15, -0.1) is 0 Å². The van der Waals surface area contributed by atoms with Crippen LogP contribution in [0.1, 0.15) is 23.5 Å². The minimum absolute atomic E-state index is 0.00245. The largest absolute Gasteiger partial charge is 0.369 e. The van der Waals surface area contributed by atoms with Crippen LogP contribution in [0.25, 0.3) is 5.57 Å². The summed E-state index contributed by atoms with van der Waals surface area (Å²) in [6.07, 6.45) is 2.98. The number of carbonyl (C=O) groups is 1. The number of benzene rings is 1. The zero-order chi connectivity index (χ0) is 18.6. The Morgan fingerprint density at radius 1 is 1.38 bits per heavy atom. The molecule has 1 aromatic rings. The van der Waals surface area contributed by atoms with Crippen molar-refractivity contribution < 1.29 is 4.79 Å². The molecule has 3 aliphatic heterocycles. The highest BCUT2D eigenvalue weighted by Crippen LogP contribution is 2.52. The summed E-state index contributed by atoms with van der Waals surface area (Å²) in [5, 5.41) is 3.11. The van der Waals surface area contributed by atoms with Gasteiger partial charge in [-0.1, -0.05) is 23.2 Å². The fourth-order valence-electron chi connectivity index (χ4n) is 4.52. The zero-order valence-electron chi connectivity index (χ0n) is 14.9. The number of nitrogens with one attached hydrogen (secondary N) is 1. The molecule has 0 aliphatic carbocycles. The molecule has 0 spiro atoms. The molecule has 0 saturated carbocycles. The third kappa shape index (κ3) is 2.67. The Balaban J connectivity index is 1.83. The van der Waals surface area contributed by atoms with Crippen LogP contribution in [-0.4, -0.2) is 62.1 Å². The summed E-state index contributed by atoms with van der Waals surface area (Å²) in [5.41, 5.74) is 13.4. The normalized spacial score (nSPS) is 24.7. The summed E-state index contributed by atoms with van der Waals surface area (Å²) in [6, 6.07) is 2.28. The first kappa shape index (κ1) is 17.9. The van der Waals surface area contributed by atoms with E-state index in [1.54, 1.807) is 0 Å². The van der Waals surface area contributed by atoms with Gasteiger partial charge in [0.1, 0.15) is 0 Å². The molecule has 3 N–H and O–H groups in total. The standard InChI is InChI=1S/C18H23Cl2N5O/c1-23-8-10(7-22-23)11-5-13(19)17(20)18-16(11)12-9-25(15(26)6-21)4-3-14(12)24(18)2/h5,8,12,14,22H,3-4,6-7,9,21H2,1-2H3. The quantitative estimate of drug-likeness (QED) is 0.799. The number of fused-ring (bicyclic) bond motifs is 3.